The summed E-state index contributed by atoms with van der Waals surface area (Å²) in [4.78, 5) is 37.5. The Labute approximate surface area is 245 Å². The van der Waals surface area contributed by atoms with Crippen molar-refractivity contribution in [2.45, 2.75) is 26.8 Å². The number of hydrogen-bond donors (Lipinski definition) is 2. The van der Waals surface area contributed by atoms with Crippen LogP contribution >= 0.6 is 0 Å². The molecule has 0 saturated carbocycles. The number of aryl methyl sites for hydroxylation is 2. The molecule has 12 heteroatoms. The van der Waals surface area contributed by atoms with Crippen LogP contribution in [-0.2, 0) is 13.0 Å². The van der Waals surface area contributed by atoms with E-state index >= 15 is 0 Å². The summed E-state index contributed by atoms with van der Waals surface area (Å²) < 4.78 is 7.83. The fourth-order valence-corrected chi connectivity index (χ4v) is 5.26. The number of aromatic nitrogens is 3. The SMILES string of the molecule is C.CNC(=O)c1cnc(Nc2cc([N+](=O)[O-])c(N(C)CCN(C)C)cc2OC)nc1-c1cn2c3c(cccc13)CCC2. The number of ether oxygens (including phenoxy) is 1. The Bertz CT molecular complexity index is 1630. The van der Waals surface area contributed by atoms with Crippen LogP contribution in [0.2, 0.25) is 0 Å². The number of hydrogen-bond acceptors (Lipinski definition) is 9. The molecular weight excluding hydrogens is 536 g/mol. The number of carbonyl (C=O) groups excluding carboxylic acids is 1. The fraction of sp³-hybridized carbons (Fsp3) is 0.367. The Morgan fingerprint density at radius 3 is 2.69 bits per heavy atom. The highest BCUT2D eigenvalue weighted by atomic mass is 16.6. The van der Waals surface area contributed by atoms with Crippen molar-refractivity contribution in [3.63, 3.8) is 0 Å². The van der Waals surface area contributed by atoms with Crippen molar-refractivity contribution >= 4 is 39.8 Å². The van der Waals surface area contributed by atoms with Gasteiger partial charge in [-0.05, 0) is 32.5 Å². The Hall–Kier alpha value is -4.71. The minimum atomic E-state index is -0.416. The molecule has 5 rings (SSSR count). The number of nitro groups is 1. The lowest BCUT2D eigenvalue weighted by Crippen LogP contribution is -2.29. The molecule has 0 atom stereocenters. The summed E-state index contributed by atoms with van der Waals surface area (Å²) in [6, 6.07) is 9.26. The maximum Gasteiger partial charge on any atom is 0.294 e. The van der Waals surface area contributed by atoms with Gasteiger partial charge in [-0.25, -0.2) is 9.97 Å². The quantitative estimate of drug-likeness (QED) is 0.204. The van der Waals surface area contributed by atoms with Gasteiger partial charge in [0.25, 0.3) is 11.6 Å². The van der Waals surface area contributed by atoms with Gasteiger partial charge in [-0.1, -0.05) is 25.6 Å². The van der Waals surface area contributed by atoms with Gasteiger partial charge in [0.1, 0.15) is 11.4 Å². The molecule has 2 aromatic carbocycles. The molecule has 3 heterocycles. The van der Waals surface area contributed by atoms with Gasteiger partial charge in [-0.3, -0.25) is 14.9 Å². The molecule has 4 aromatic rings. The lowest BCUT2D eigenvalue weighted by Gasteiger charge is -2.22. The lowest BCUT2D eigenvalue weighted by molar-refractivity contribution is -0.384. The number of likely N-dealkylation sites (N-methyl/N-ethyl adjacent to an activating group) is 2. The number of nitro benzene ring substituents is 1. The molecular formula is C30H38N8O4. The first-order valence-electron chi connectivity index (χ1n) is 13.4. The van der Waals surface area contributed by atoms with Gasteiger partial charge in [-0.2, -0.15) is 0 Å². The number of nitrogens with one attached hydrogen (secondary N) is 2. The molecule has 1 aliphatic heterocycles. The largest absolute Gasteiger partial charge is 0.494 e. The number of anilines is 3. The first kappa shape index (κ1) is 30.3. The van der Waals surface area contributed by atoms with E-state index < -0.39 is 4.92 Å². The maximum atomic E-state index is 12.9. The first-order chi connectivity index (χ1) is 19.7. The topological polar surface area (TPSA) is 131 Å². The van der Waals surface area contributed by atoms with E-state index in [1.807, 2.05) is 49.3 Å². The molecule has 2 N–H and O–H groups in total. The number of rotatable bonds is 10. The van der Waals surface area contributed by atoms with E-state index in [1.165, 1.54) is 24.9 Å². The maximum absolute atomic E-state index is 12.9. The van der Waals surface area contributed by atoms with Crippen LogP contribution in [0.1, 0.15) is 29.8 Å². The molecule has 1 amide bonds. The van der Waals surface area contributed by atoms with Gasteiger partial charge in [0.2, 0.25) is 5.95 Å². The lowest BCUT2D eigenvalue weighted by atomic mass is 10.0. The molecule has 0 fully saturated rings. The minimum absolute atomic E-state index is 0. The third-order valence-corrected chi connectivity index (χ3v) is 7.38. The Kier molecular flexibility index (Phi) is 8.96. The molecule has 222 valence electrons. The van der Waals surface area contributed by atoms with Crippen LogP contribution in [0.15, 0.2) is 42.7 Å². The first-order valence-corrected chi connectivity index (χ1v) is 13.4. The zero-order valence-corrected chi connectivity index (χ0v) is 23.9. The normalized spacial score (nSPS) is 12.1. The highest BCUT2D eigenvalue weighted by Gasteiger charge is 2.25. The summed E-state index contributed by atoms with van der Waals surface area (Å²) in [7, 11) is 8.78. The zero-order chi connectivity index (χ0) is 29.3. The van der Waals surface area contributed by atoms with E-state index in [1.54, 1.807) is 13.1 Å². The van der Waals surface area contributed by atoms with Gasteiger partial charge < -0.3 is 29.7 Å². The van der Waals surface area contributed by atoms with E-state index in [4.69, 9.17) is 9.72 Å². The Morgan fingerprint density at radius 2 is 2.00 bits per heavy atom. The van der Waals surface area contributed by atoms with Gasteiger partial charge >= 0.3 is 0 Å². The van der Waals surface area contributed by atoms with Crippen molar-refractivity contribution < 1.29 is 14.5 Å². The molecule has 0 unspecified atom stereocenters. The predicted molar refractivity (Wildman–Crippen MR) is 166 cm³/mol. The zero-order valence-electron chi connectivity index (χ0n) is 23.9. The van der Waals surface area contributed by atoms with Gasteiger partial charge in [0, 0.05) is 69.2 Å². The van der Waals surface area contributed by atoms with Gasteiger partial charge in [0.15, 0.2) is 0 Å². The molecule has 0 radical (unpaired) electrons. The number of carbonyl (C=O) groups is 1. The minimum Gasteiger partial charge on any atom is -0.494 e. The van der Waals surface area contributed by atoms with Crippen molar-refractivity contribution in [2.75, 3.05) is 58.6 Å². The number of amides is 1. The van der Waals surface area contributed by atoms with Crippen molar-refractivity contribution in [1.82, 2.24) is 24.8 Å². The average Bonchev–Trinajstić information content (AvgIpc) is 3.35. The summed E-state index contributed by atoms with van der Waals surface area (Å²) in [5, 5.41) is 18.9. The standard InChI is InChI=1S/C29H34N8O4.CH4/c1-30-28(38)20-16-31-29(33-26(20)21-17-36-11-7-9-18-8-6-10-19(21)27(18)36)32-22-14-24(37(39)40)23(15-25(22)41-5)35(4)13-12-34(2)3;/h6,8,10,14-17H,7,9,11-13H2,1-5H3,(H,30,38)(H,31,32,33);1H4. The predicted octanol–water partition coefficient (Wildman–Crippen LogP) is 4.70. The van der Waals surface area contributed by atoms with E-state index in [2.05, 4.69) is 26.3 Å². The Balaban J connectivity index is 0.00000405. The number of benzene rings is 2. The van der Waals surface area contributed by atoms with Crippen LogP contribution < -0.4 is 20.3 Å². The smallest absolute Gasteiger partial charge is 0.294 e. The number of para-hydroxylation sites is 1. The third kappa shape index (κ3) is 5.70. The third-order valence-electron chi connectivity index (χ3n) is 7.38. The highest BCUT2D eigenvalue weighted by molar-refractivity contribution is 6.05. The second-order valence-corrected chi connectivity index (χ2v) is 10.3. The number of methoxy groups -OCH3 is 1. The monoisotopic (exact) mass is 574 g/mol. The summed E-state index contributed by atoms with van der Waals surface area (Å²) >= 11 is 0. The van der Waals surface area contributed by atoms with Crippen molar-refractivity contribution in [2.24, 2.45) is 0 Å². The van der Waals surface area contributed by atoms with Crippen LogP contribution in [0.4, 0.5) is 23.0 Å². The van der Waals surface area contributed by atoms with Crippen LogP contribution in [0.3, 0.4) is 0 Å². The summed E-state index contributed by atoms with van der Waals surface area (Å²) in [5.74, 6) is 0.271. The molecule has 42 heavy (non-hydrogen) atoms. The van der Waals surface area contributed by atoms with Gasteiger partial charge in [-0.15, -0.1) is 0 Å². The van der Waals surface area contributed by atoms with Crippen LogP contribution in [0, 0.1) is 10.1 Å². The fourth-order valence-electron chi connectivity index (χ4n) is 5.26. The second kappa shape index (κ2) is 12.4. The van der Waals surface area contributed by atoms with Crippen LogP contribution in [-0.4, -0.2) is 78.7 Å². The molecule has 0 saturated heterocycles. The van der Waals surface area contributed by atoms with Gasteiger partial charge in [0.05, 0.1) is 34.5 Å². The molecule has 0 spiro atoms. The van der Waals surface area contributed by atoms with Crippen LogP contribution in [0.5, 0.6) is 5.75 Å². The molecule has 0 bridgehead atoms. The van der Waals surface area contributed by atoms with E-state index in [9.17, 15) is 14.9 Å². The molecule has 0 aliphatic carbocycles. The van der Waals surface area contributed by atoms with Crippen molar-refractivity contribution in [3.8, 4) is 17.0 Å². The molecule has 1 aliphatic rings. The second-order valence-electron chi connectivity index (χ2n) is 10.3. The Morgan fingerprint density at radius 1 is 1.21 bits per heavy atom. The van der Waals surface area contributed by atoms with Crippen molar-refractivity contribution in [1.29, 1.82) is 0 Å². The van der Waals surface area contributed by atoms with E-state index in [-0.39, 0.29) is 25.0 Å². The molecule has 12 nitrogen and oxygen atoms in total. The summed E-state index contributed by atoms with van der Waals surface area (Å²) in [5.41, 5.74) is 4.73. The highest BCUT2D eigenvalue weighted by Crippen LogP contribution is 2.40. The van der Waals surface area contributed by atoms with E-state index in [0.29, 0.717) is 34.9 Å². The summed E-state index contributed by atoms with van der Waals surface area (Å²) in [6.45, 7) is 2.20. The number of nitrogens with zero attached hydrogens (tertiary/aromatic N) is 6. The molecule has 2 aromatic heterocycles. The van der Waals surface area contributed by atoms with E-state index in [0.717, 1.165) is 42.4 Å². The van der Waals surface area contributed by atoms with Crippen LogP contribution in [0.25, 0.3) is 22.2 Å². The average molecular weight is 575 g/mol. The van der Waals surface area contributed by atoms with Crippen molar-refractivity contribution in [3.05, 3.63) is 64.0 Å². The summed E-state index contributed by atoms with van der Waals surface area (Å²) in [6.07, 6.45) is 5.55.